The van der Waals surface area contributed by atoms with Crippen molar-refractivity contribution < 1.29 is 4.79 Å². The zero-order valence-electron chi connectivity index (χ0n) is 15.8. The van der Waals surface area contributed by atoms with Crippen LogP contribution in [0.1, 0.15) is 19.3 Å². The van der Waals surface area contributed by atoms with Gasteiger partial charge >= 0.3 is 6.03 Å². The lowest BCUT2D eigenvalue weighted by Gasteiger charge is -2.36. The highest BCUT2D eigenvalue weighted by Crippen LogP contribution is 2.22. The van der Waals surface area contributed by atoms with Gasteiger partial charge in [0.1, 0.15) is 0 Å². The zero-order valence-corrected chi connectivity index (χ0v) is 15.8. The summed E-state index contributed by atoms with van der Waals surface area (Å²) in [5, 5.41) is 3.05. The topological polar surface area (TPSA) is 38.8 Å². The molecule has 5 heteroatoms. The fourth-order valence-corrected chi connectivity index (χ4v) is 3.92. The molecule has 0 aliphatic carbocycles. The fourth-order valence-electron chi connectivity index (χ4n) is 3.92. The van der Waals surface area contributed by atoms with Crippen LogP contribution in [0.15, 0.2) is 54.6 Å². The summed E-state index contributed by atoms with van der Waals surface area (Å²) in [5.74, 6) is 0. The maximum absolute atomic E-state index is 12.6. The zero-order chi connectivity index (χ0) is 18.5. The van der Waals surface area contributed by atoms with Gasteiger partial charge in [0.2, 0.25) is 0 Å². The molecule has 0 aromatic heterocycles. The first-order chi connectivity index (χ1) is 13.3. The molecule has 0 bridgehead atoms. The van der Waals surface area contributed by atoms with Crippen molar-refractivity contribution in [3.8, 4) is 0 Å². The maximum Gasteiger partial charge on any atom is 0.321 e. The number of carbonyl (C=O) groups excluding carboxylic acids is 1. The fraction of sp³-hybridized carbons (Fsp3) is 0.409. The third kappa shape index (κ3) is 4.35. The molecule has 2 aromatic carbocycles. The number of nitrogens with one attached hydrogen (secondary N) is 1. The molecule has 4 rings (SSSR count). The Morgan fingerprint density at radius 1 is 0.667 bits per heavy atom. The van der Waals surface area contributed by atoms with Crippen LogP contribution >= 0.6 is 0 Å². The number of nitrogens with zero attached hydrogens (tertiary/aromatic N) is 3. The van der Waals surface area contributed by atoms with E-state index in [1.807, 2.05) is 23.1 Å². The molecule has 2 aliphatic heterocycles. The van der Waals surface area contributed by atoms with Gasteiger partial charge in [0.15, 0.2) is 0 Å². The minimum absolute atomic E-state index is 0.00608. The molecule has 2 fully saturated rings. The van der Waals surface area contributed by atoms with Gasteiger partial charge in [-0.15, -0.1) is 0 Å². The normalized spacial score (nSPS) is 17.7. The Hall–Kier alpha value is -2.69. The third-order valence-corrected chi connectivity index (χ3v) is 5.53. The van der Waals surface area contributed by atoms with E-state index in [-0.39, 0.29) is 6.03 Å². The average Bonchev–Trinajstić information content (AvgIpc) is 2.76. The number of piperazine rings is 1. The predicted molar refractivity (Wildman–Crippen MR) is 112 cm³/mol. The van der Waals surface area contributed by atoms with Crippen LogP contribution in [-0.2, 0) is 0 Å². The summed E-state index contributed by atoms with van der Waals surface area (Å²) in [5.41, 5.74) is 3.35. The first kappa shape index (κ1) is 17.7. The summed E-state index contributed by atoms with van der Waals surface area (Å²) < 4.78 is 0. The summed E-state index contributed by atoms with van der Waals surface area (Å²) in [6.07, 6.45) is 3.88. The van der Waals surface area contributed by atoms with Crippen molar-refractivity contribution in [1.82, 2.24) is 4.90 Å². The van der Waals surface area contributed by atoms with Gasteiger partial charge in [-0.05, 0) is 55.7 Å². The summed E-state index contributed by atoms with van der Waals surface area (Å²) in [7, 11) is 0. The smallest absolute Gasteiger partial charge is 0.321 e. The number of piperidine rings is 1. The molecular weight excluding hydrogens is 336 g/mol. The number of para-hydroxylation sites is 1. The van der Waals surface area contributed by atoms with Crippen molar-refractivity contribution in [2.75, 3.05) is 54.4 Å². The number of hydrogen-bond acceptors (Lipinski definition) is 3. The van der Waals surface area contributed by atoms with Crippen molar-refractivity contribution in [1.29, 1.82) is 0 Å². The predicted octanol–water partition coefficient (Wildman–Crippen LogP) is 4.03. The van der Waals surface area contributed by atoms with Gasteiger partial charge in [-0.2, -0.15) is 0 Å². The molecule has 0 radical (unpaired) electrons. The van der Waals surface area contributed by atoms with Gasteiger partial charge < -0.3 is 20.0 Å². The van der Waals surface area contributed by atoms with Crippen molar-refractivity contribution in [2.24, 2.45) is 0 Å². The summed E-state index contributed by atoms with van der Waals surface area (Å²) in [6.45, 7) is 5.49. The van der Waals surface area contributed by atoms with E-state index >= 15 is 0 Å². The van der Waals surface area contributed by atoms with Crippen LogP contribution in [-0.4, -0.2) is 50.2 Å². The molecule has 27 heavy (non-hydrogen) atoms. The SMILES string of the molecule is O=C(Nc1ccc(N2CCCCC2)cc1)N1CCN(c2ccccc2)CC1. The highest BCUT2D eigenvalue weighted by atomic mass is 16.2. The van der Waals surface area contributed by atoms with E-state index in [0.717, 1.165) is 45.0 Å². The molecule has 2 saturated heterocycles. The van der Waals surface area contributed by atoms with E-state index in [9.17, 15) is 4.79 Å². The van der Waals surface area contributed by atoms with Crippen LogP contribution in [0.2, 0.25) is 0 Å². The quantitative estimate of drug-likeness (QED) is 0.894. The van der Waals surface area contributed by atoms with E-state index in [0.29, 0.717) is 0 Å². The molecule has 0 spiro atoms. The van der Waals surface area contributed by atoms with Crippen LogP contribution in [0, 0.1) is 0 Å². The van der Waals surface area contributed by atoms with Crippen LogP contribution in [0.25, 0.3) is 0 Å². The Balaban J connectivity index is 1.29. The standard InChI is InChI=1S/C22H28N4O/c27-22(26-17-15-25(16-18-26)20-7-3-1-4-8-20)23-19-9-11-21(12-10-19)24-13-5-2-6-14-24/h1,3-4,7-12H,2,5-6,13-18H2,(H,23,27). The van der Waals surface area contributed by atoms with Crippen LogP contribution < -0.4 is 15.1 Å². The van der Waals surface area contributed by atoms with E-state index in [1.165, 1.54) is 30.6 Å². The molecule has 2 heterocycles. The largest absolute Gasteiger partial charge is 0.372 e. The molecule has 142 valence electrons. The first-order valence-corrected chi connectivity index (χ1v) is 10.0. The lowest BCUT2D eigenvalue weighted by molar-refractivity contribution is 0.208. The van der Waals surface area contributed by atoms with Crippen LogP contribution in [0.4, 0.5) is 21.9 Å². The van der Waals surface area contributed by atoms with Crippen LogP contribution in [0.3, 0.4) is 0 Å². The molecule has 0 unspecified atom stereocenters. The van der Waals surface area contributed by atoms with Crippen molar-refractivity contribution in [3.63, 3.8) is 0 Å². The minimum atomic E-state index is -0.00608. The lowest BCUT2D eigenvalue weighted by Crippen LogP contribution is -2.50. The average molecular weight is 364 g/mol. The number of urea groups is 1. The Morgan fingerprint density at radius 3 is 1.93 bits per heavy atom. The Kier molecular flexibility index (Phi) is 5.47. The molecule has 5 nitrogen and oxygen atoms in total. The molecule has 0 saturated carbocycles. The molecular formula is C22H28N4O. The van der Waals surface area contributed by atoms with E-state index in [2.05, 4.69) is 51.5 Å². The van der Waals surface area contributed by atoms with Crippen molar-refractivity contribution in [2.45, 2.75) is 19.3 Å². The highest BCUT2D eigenvalue weighted by molar-refractivity contribution is 5.89. The van der Waals surface area contributed by atoms with Gasteiger partial charge in [-0.3, -0.25) is 0 Å². The maximum atomic E-state index is 12.6. The number of rotatable bonds is 3. The minimum Gasteiger partial charge on any atom is -0.372 e. The van der Waals surface area contributed by atoms with Crippen molar-refractivity contribution in [3.05, 3.63) is 54.6 Å². The number of carbonyl (C=O) groups is 1. The second-order valence-corrected chi connectivity index (χ2v) is 7.33. The van der Waals surface area contributed by atoms with Gasteiger partial charge in [-0.25, -0.2) is 4.79 Å². The number of anilines is 3. The van der Waals surface area contributed by atoms with E-state index in [1.54, 1.807) is 0 Å². The summed E-state index contributed by atoms with van der Waals surface area (Å²) in [4.78, 5) is 19.2. The Labute approximate surface area is 161 Å². The summed E-state index contributed by atoms with van der Waals surface area (Å²) >= 11 is 0. The Bertz CT molecular complexity index is 733. The second kappa shape index (κ2) is 8.33. The van der Waals surface area contributed by atoms with Crippen molar-refractivity contribution >= 4 is 23.1 Å². The van der Waals surface area contributed by atoms with Gasteiger partial charge in [0.25, 0.3) is 0 Å². The molecule has 2 aromatic rings. The Morgan fingerprint density at radius 2 is 1.26 bits per heavy atom. The lowest BCUT2D eigenvalue weighted by atomic mass is 10.1. The van der Waals surface area contributed by atoms with E-state index < -0.39 is 0 Å². The molecule has 1 N–H and O–H groups in total. The van der Waals surface area contributed by atoms with Crippen LogP contribution in [0.5, 0.6) is 0 Å². The van der Waals surface area contributed by atoms with Gasteiger partial charge in [-0.1, -0.05) is 18.2 Å². The number of amides is 2. The summed E-state index contributed by atoms with van der Waals surface area (Å²) in [6, 6.07) is 18.7. The number of benzene rings is 2. The number of hydrogen-bond donors (Lipinski definition) is 1. The first-order valence-electron chi connectivity index (χ1n) is 10.0. The molecule has 2 amide bonds. The highest BCUT2D eigenvalue weighted by Gasteiger charge is 2.21. The van der Waals surface area contributed by atoms with Gasteiger partial charge in [0, 0.05) is 56.3 Å². The molecule has 0 atom stereocenters. The second-order valence-electron chi connectivity index (χ2n) is 7.33. The van der Waals surface area contributed by atoms with E-state index in [4.69, 9.17) is 0 Å². The monoisotopic (exact) mass is 364 g/mol. The third-order valence-electron chi connectivity index (χ3n) is 5.53. The molecule has 2 aliphatic rings. The van der Waals surface area contributed by atoms with Gasteiger partial charge in [0.05, 0.1) is 0 Å².